The van der Waals surface area contributed by atoms with Crippen LogP contribution in [0.25, 0.3) is 0 Å². The number of rotatable bonds is 9. The molecule has 0 N–H and O–H groups in total. The molecule has 33 heavy (non-hydrogen) atoms. The molecule has 0 heterocycles. The molecule has 0 unspecified atom stereocenters. The molecule has 0 bridgehead atoms. The van der Waals surface area contributed by atoms with Crippen LogP contribution in [0.1, 0.15) is 43.6 Å². The third kappa shape index (κ3) is 8.13. The quantitative estimate of drug-likeness (QED) is 0.241. The van der Waals surface area contributed by atoms with E-state index in [0.29, 0.717) is 23.8 Å². The Kier molecular flexibility index (Phi) is 10.8. The number of hydrogen-bond acceptors (Lipinski definition) is 5. The second-order valence-electron chi connectivity index (χ2n) is 7.45. The highest BCUT2D eigenvalue weighted by molar-refractivity contribution is 8.00. The molecule has 0 fully saturated rings. The highest BCUT2D eigenvalue weighted by Crippen LogP contribution is 2.33. The van der Waals surface area contributed by atoms with Gasteiger partial charge >= 0.3 is 5.97 Å². The summed E-state index contributed by atoms with van der Waals surface area (Å²) in [7, 11) is 1.36. The number of carbonyl (C=O) groups excluding carboxylic acids is 1. The molecule has 0 spiro atoms. The smallest absolute Gasteiger partial charge is 0.341 e. The minimum Gasteiger partial charge on any atom is -0.488 e. The molecular formula is C27H32FNO3S. The van der Waals surface area contributed by atoms with E-state index in [-0.39, 0.29) is 5.82 Å². The molecule has 0 aliphatic carbocycles. The molecule has 3 aromatic rings. The SMILES string of the molecule is CC.COC(=O)c1cc(N(CC(C)C)Sc2ccc(F)cc2)ccc1OCc1ccccc1. The molecule has 6 heteroatoms. The highest BCUT2D eigenvalue weighted by Gasteiger charge is 2.18. The molecule has 176 valence electrons. The molecule has 3 aromatic carbocycles. The lowest BCUT2D eigenvalue weighted by Crippen LogP contribution is -2.20. The number of esters is 1. The Morgan fingerprint density at radius 1 is 1.00 bits per heavy atom. The Hall–Kier alpha value is -2.99. The Morgan fingerprint density at radius 2 is 1.67 bits per heavy atom. The molecule has 0 aromatic heterocycles. The Bertz CT molecular complexity index is 994. The van der Waals surface area contributed by atoms with Crippen LogP contribution in [0, 0.1) is 11.7 Å². The minimum absolute atomic E-state index is 0.271. The first-order chi connectivity index (χ1) is 16.0. The molecule has 0 amide bonds. The first kappa shape index (κ1) is 26.3. The van der Waals surface area contributed by atoms with Crippen LogP contribution in [0.15, 0.2) is 77.7 Å². The Labute approximate surface area is 200 Å². The summed E-state index contributed by atoms with van der Waals surface area (Å²) in [6.07, 6.45) is 0. The maximum Gasteiger partial charge on any atom is 0.341 e. The highest BCUT2D eigenvalue weighted by atomic mass is 32.2. The van der Waals surface area contributed by atoms with Gasteiger partial charge in [-0.1, -0.05) is 58.0 Å². The van der Waals surface area contributed by atoms with E-state index in [2.05, 4.69) is 18.2 Å². The van der Waals surface area contributed by atoms with Crippen LogP contribution in [0.5, 0.6) is 5.75 Å². The van der Waals surface area contributed by atoms with Gasteiger partial charge in [0.1, 0.15) is 23.7 Å². The molecule has 0 atom stereocenters. The maximum atomic E-state index is 13.3. The van der Waals surface area contributed by atoms with E-state index in [9.17, 15) is 9.18 Å². The number of hydrogen-bond donors (Lipinski definition) is 0. The summed E-state index contributed by atoms with van der Waals surface area (Å²) < 4.78 is 26.3. The maximum absolute atomic E-state index is 13.3. The van der Waals surface area contributed by atoms with Gasteiger partial charge < -0.3 is 13.8 Å². The van der Waals surface area contributed by atoms with Gasteiger partial charge in [-0.05, 0) is 65.9 Å². The van der Waals surface area contributed by atoms with Crippen molar-refractivity contribution in [3.8, 4) is 5.75 Å². The first-order valence-corrected chi connectivity index (χ1v) is 11.8. The number of anilines is 1. The first-order valence-electron chi connectivity index (χ1n) is 11.1. The van der Waals surface area contributed by atoms with E-state index >= 15 is 0 Å². The van der Waals surface area contributed by atoms with Crippen molar-refractivity contribution in [2.45, 2.75) is 39.2 Å². The lowest BCUT2D eigenvalue weighted by atomic mass is 10.1. The van der Waals surface area contributed by atoms with E-state index in [4.69, 9.17) is 9.47 Å². The number of methoxy groups -OCH3 is 1. The molecule has 0 radical (unpaired) electrons. The van der Waals surface area contributed by atoms with E-state index in [1.807, 2.05) is 50.2 Å². The van der Waals surface area contributed by atoms with Crippen LogP contribution in [0.4, 0.5) is 10.1 Å². The fourth-order valence-corrected chi connectivity index (χ4v) is 4.06. The largest absolute Gasteiger partial charge is 0.488 e. The number of ether oxygens (including phenoxy) is 2. The zero-order valence-electron chi connectivity index (χ0n) is 19.9. The van der Waals surface area contributed by atoms with E-state index in [1.165, 1.54) is 31.2 Å². The zero-order valence-corrected chi connectivity index (χ0v) is 20.7. The monoisotopic (exact) mass is 469 g/mol. The fraction of sp³-hybridized carbons (Fsp3) is 0.296. The molecule has 3 rings (SSSR count). The predicted molar refractivity (Wildman–Crippen MR) is 134 cm³/mol. The molecular weight excluding hydrogens is 437 g/mol. The van der Waals surface area contributed by atoms with Crippen molar-refractivity contribution in [2.24, 2.45) is 5.92 Å². The number of nitrogens with zero attached hydrogens (tertiary/aromatic N) is 1. The van der Waals surface area contributed by atoms with E-state index in [1.54, 1.807) is 24.3 Å². The summed E-state index contributed by atoms with van der Waals surface area (Å²) in [4.78, 5) is 13.4. The van der Waals surface area contributed by atoms with Crippen molar-refractivity contribution in [1.82, 2.24) is 0 Å². The Balaban J connectivity index is 0.00000187. The molecule has 0 aliphatic rings. The van der Waals surface area contributed by atoms with Crippen LogP contribution >= 0.6 is 11.9 Å². The van der Waals surface area contributed by atoms with Crippen molar-refractivity contribution in [2.75, 3.05) is 18.0 Å². The summed E-state index contributed by atoms with van der Waals surface area (Å²) in [6.45, 7) is 9.34. The van der Waals surface area contributed by atoms with Crippen LogP contribution in [-0.4, -0.2) is 19.6 Å². The lowest BCUT2D eigenvalue weighted by molar-refractivity contribution is 0.0595. The van der Waals surface area contributed by atoms with Crippen molar-refractivity contribution in [3.63, 3.8) is 0 Å². The van der Waals surface area contributed by atoms with E-state index in [0.717, 1.165) is 22.7 Å². The lowest BCUT2D eigenvalue weighted by Gasteiger charge is -2.26. The fourth-order valence-electron chi connectivity index (χ4n) is 2.95. The summed E-state index contributed by atoms with van der Waals surface area (Å²) in [6, 6.07) is 21.6. The van der Waals surface area contributed by atoms with Crippen molar-refractivity contribution in [1.29, 1.82) is 0 Å². The van der Waals surface area contributed by atoms with Gasteiger partial charge in [-0.2, -0.15) is 0 Å². The van der Waals surface area contributed by atoms with Crippen molar-refractivity contribution < 1.29 is 18.7 Å². The second-order valence-corrected chi connectivity index (χ2v) is 8.54. The molecule has 0 aliphatic heterocycles. The average molecular weight is 470 g/mol. The van der Waals surface area contributed by atoms with Crippen LogP contribution in [0.2, 0.25) is 0 Å². The normalized spacial score (nSPS) is 10.3. The van der Waals surface area contributed by atoms with Crippen LogP contribution in [0.3, 0.4) is 0 Å². The molecule has 0 saturated carbocycles. The van der Waals surface area contributed by atoms with Gasteiger partial charge in [0, 0.05) is 17.1 Å². The number of halogens is 1. The summed E-state index contributed by atoms with van der Waals surface area (Å²) >= 11 is 1.50. The molecule has 4 nitrogen and oxygen atoms in total. The van der Waals surface area contributed by atoms with Gasteiger partial charge in [-0.25, -0.2) is 9.18 Å². The third-order valence-corrected chi connectivity index (χ3v) is 5.52. The number of carbonyl (C=O) groups is 1. The third-order valence-electron chi connectivity index (χ3n) is 4.45. The van der Waals surface area contributed by atoms with E-state index < -0.39 is 5.97 Å². The minimum atomic E-state index is -0.457. The van der Waals surface area contributed by atoms with Gasteiger partial charge in [0.15, 0.2) is 0 Å². The van der Waals surface area contributed by atoms with Gasteiger partial charge in [-0.3, -0.25) is 0 Å². The summed E-state index contributed by atoms with van der Waals surface area (Å²) in [5.41, 5.74) is 2.22. The Morgan fingerprint density at radius 3 is 2.27 bits per heavy atom. The summed E-state index contributed by atoms with van der Waals surface area (Å²) in [5, 5.41) is 0. The van der Waals surface area contributed by atoms with Crippen molar-refractivity contribution >= 4 is 23.6 Å². The van der Waals surface area contributed by atoms with Gasteiger partial charge in [0.2, 0.25) is 0 Å². The molecule has 0 saturated heterocycles. The predicted octanol–water partition coefficient (Wildman–Crippen LogP) is 7.39. The summed E-state index contributed by atoms with van der Waals surface area (Å²) in [5.74, 6) is 0.119. The van der Waals surface area contributed by atoms with Gasteiger partial charge in [0.05, 0.1) is 7.11 Å². The van der Waals surface area contributed by atoms with Gasteiger partial charge in [-0.15, -0.1) is 0 Å². The van der Waals surface area contributed by atoms with Gasteiger partial charge in [0.25, 0.3) is 0 Å². The topological polar surface area (TPSA) is 38.8 Å². The zero-order chi connectivity index (χ0) is 24.2. The average Bonchev–Trinajstić information content (AvgIpc) is 2.84. The van der Waals surface area contributed by atoms with Crippen LogP contribution in [-0.2, 0) is 11.3 Å². The second kappa shape index (κ2) is 13.5. The van der Waals surface area contributed by atoms with Crippen molar-refractivity contribution in [3.05, 3.63) is 89.7 Å². The number of benzene rings is 3. The van der Waals surface area contributed by atoms with Crippen LogP contribution < -0.4 is 9.04 Å². The standard InChI is InChI=1S/C25H26FNO3S.C2H6/c1-18(2)16-27(31-22-12-9-20(26)10-13-22)21-11-14-24(23(15-21)25(28)29-3)30-17-19-7-5-4-6-8-19;1-2/h4-15,18H,16-17H2,1-3H3;1-2H3.